The van der Waals surface area contributed by atoms with Crippen LogP contribution in [-0.2, 0) is 4.79 Å². The maximum absolute atomic E-state index is 12.8. The van der Waals surface area contributed by atoms with Gasteiger partial charge in [-0.05, 0) is 74.0 Å². The van der Waals surface area contributed by atoms with Crippen molar-refractivity contribution in [1.29, 1.82) is 0 Å². The normalized spacial score (nSPS) is 12.8. The van der Waals surface area contributed by atoms with Gasteiger partial charge in [-0.25, -0.2) is 9.97 Å². The molecule has 1 aromatic heterocycles. The zero-order chi connectivity index (χ0) is 28.6. The molecule has 3 N–H and O–H groups in total. The molecule has 0 unspecified atom stereocenters. The molecule has 1 amide bonds. The minimum absolute atomic E-state index is 0.00908. The fraction of sp³-hybridized carbons (Fsp3) is 0.323. The molecule has 0 radical (unpaired) electrons. The van der Waals surface area contributed by atoms with Gasteiger partial charge >= 0.3 is 0 Å². The van der Waals surface area contributed by atoms with Gasteiger partial charge in [0.1, 0.15) is 11.5 Å². The lowest BCUT2D eigenvalue weighted by Crippen LogP contribution is -2.35. The number of ether oxygens (including phenoxy) is 2. The Hall–Kier alpha value is -4.02. The van der Waals surface area contributed by atoms with Crippen LogP contribution in [0.5, 0.6) is 11.5 Å². The van der Waals surface area contributed by atoms with E-state index >= 15 is 0 Å². The predicted octanol–water partition coefficient (Wildman–Crippen LogP) is 6.57. The largest absolute Gasteiger partial charge is 0.497 e. The highest BCUT2D eigenvalue weighted by Gasteiger charge is 2.25. The standard InChI is InChI=1S/C31H36N6O3S/c1-4-14-37(19-21-12-13-21)20-29(38)32-22-8-7-9-26(17-22)41-36-31-30(34-27-10-5-6-11-28(27)35-31)33-23-15-24(39-2)18-25(16-23)40-3/h5-11,15-18,21H,4,12-14,19-20H2,1-3H3,(H,32,38)(H,33,34)(H,35,36). The Morgan fingerprint density at radius 1 is 0.927 bits per heavy atom. The average Bonchev–Trinajstić information content (AvgIpc) is 3.80. The van der Waals surface area contributed by atoms with Gasteiger partial charge in [-0.15, -0.1) is 0 Å². The first-order chi connectivity index (χ1) is 20.0. The maximum atomic E-state index is 12.8. The molecule has 1 heterocycles. The van der Waals surface area contributed by atoms with E-state index in [0.29, 0.717) is 29.7 Å². The van der Waals surface area contributed by atoms with E-state index in [1.807, 2.05) is 66.7 Å². The highest BCUT2D eigenvalue weighted by atomic mass is 32.2. The summed E-state index contributed by atoms with van der Waals surface area (Å²) in [5.41, 5.74) is 3.05. The lowest BCUT2D eigenvalue weighted by Gasteiger charge is -2.21. The molecule has 0 saturated heterocycles. The number of rotatable bonds is 14. The highest BCUT2D eigenvalue weighted by Crippen LogP contribution is 2.33. The number of methoxy groups -OCH3 is 2. The summed E-state index contributed by atoms with van der Waals surface area (Å²) in [6.07, 6.45) is 3.60. The monoisotopic (exact) mass is 572 g/mol. The molecule has 1 fully saturated rings. The van der Waals surface area contributed by atoms with Crippen LogP contribution in [0.25, 0.3) is 11.0 Å². The van der Waals surface area contributed by atoms with Crippen LogP contribution < -0.4 is 24.8 Å². The molecular formula is C31H36N6O3S. The molecule has 1 aliphatic carbocycles. The second-order valence-corrected chi connectivity index (χ2v) is 11.0. The molecular weight excluding hydrogens is 536 g/mol. The van der Waals surface area contributed by atoms with Crippen LogP contribution in [-0.4, -0.2) is 54.6 Å². The summed E-state index contributed by atoms with van der Waals surface area (Å²) in [5, 5.41) is 6.43. The van der Waals surface area contributed by atoms with Crippen molar-refractivity contribution in [3.8, 4) is 11.5 Å². The second kappa shape index (κ2) is 13.6. The lowest BCUT2D eigenvalue weighted by molar-refractivity contribution is -0.117. The molecule has 0 atom stereocenters. The van der Waals surface area contributed by atoms with E-state index < -0.39 is 0 Å². The van der Waals surface area contributed by atoms with Crippen LogP contribution in [0.4, 0.5) is 23.0 Å². The van der Waals surface area contributed by atoms with Gasteiger partial charge in [-0.2, -0.15) is 0 Å². The van der Waals surface area contributed by atoms with Gasteiger partial charge < -0.3 is 24.8 Å². The Kier molecular flexibility index (Phi) is 9.43. The third kappa shape index (κ3) is 8.02. The fourth-order valence-electron chi connectivity index (χ4n) is 4.54. The Bertz CT molecular complexity index is 1470. The number of hydrogen-bond acceptors (Lipinski definition) is 9. The molecule has 3 aromatic carbocycles. The minimum atomic E-state index is 0.00908. The zero-order valence-electron chi connectivity index (χ0n) is 23.6. The minimum Gasteiger partial charge on any atom is -0.497 e. The molecule has 0 bridgehead atoms. The summed E-state index contributed by atoms with van der Waals surface area (Å²) in [5.74, 6) is 3.21. The first kappa shape index (κ1) is 28.5. The van der Waals surface area contributed by atoms with Crippen LogP contribution in [0, 0.1) is 5.92 Å². The van der Waals surface area contributed by atoms with Crippen LogP contribution in [0.2, 0.25) is 0 Å². The van der Waals surface area contributed by atoms with Crippen molar-refractivity contribution in [1.82, 2.24) is 14.9 Å². The second-order valence-electron chi connectivity index (χ2n) is 10.1. The first-order valence-corrected chi connectivity index (χ1v) is 14.7. The average molecular weight is 573 g/mol. The van der Waals surface area contributed by atoms with Gasteiger partial charge in [0.25, 0.3) is 0 Å². The van der Waals surface area contributed by atoms with Crippen molar-refractivity contribution >= 4 is 51.9 Å². The van der Waals surface area contributed by atoms with E-state index in [9.17, 15) is 4.79 Å². The number of anilines is 4. The van der Waals surface area contributed by atoms with Crippen molar-refractivity contribution in [3.05, 3.63) is 66.7 Å². The summed E-state index contributed by atoms with van der Waals surface area (Å²) < 4.78 is 14.2. The summed E-state index contributed by atoms with van der Waals surface area (Å²) in [4.78, 5) is 25.6. The van der Waals surface area contributed by atoms with E-state index in [-0.39, 0.29) is 5.91 Å². The number of carbonyl (C=O) groups is 1. The third-order valence-electron chi connectivity index (χ3n) is 6.69. The summed E-state index contributed by atoms with van der Waals surface area (Å²) in [6.45, 7) is 4.51. The van der Waals surface area contributed by atoms with E-state index in [1.54, 1.807) is 14.2 Å². The Labute approximate surface area is 245 Å². The molecule has 10 heteroatoms. The third-order valence-corrected chi connectivity index (χ3v) is 7.47. The van der Waals surface area contributed by atoms with Gasteiger partial charge in [-0.1, -0.05) is 25.1 Å². The molecule has 4 aromatic rings. The molecule has 0 spiro atoms. The highest BCUT2D eigenvalue weighted by molar-refractivity contribution is 8.00. The van der Waals surface area contributed by atoms with Crippen molar-refractivity contribution in [2.24, 2.45) is 5.92 Å². The van der Waals surface area contributed by atoms with Gasteiger partial charge in [0, 0.05) is 41.0 Å². The number of benzene rings is 3. The lowest BCUT2D eigenvalue weighted by atomic mass is 10.2. The van der Waals surface area contributed by atoms with Gasteiger partial charge in [0.15, 0.2) is 11.6 Å². The fourth-order valence-corrected chi connectivity index (χ4v) is 5.23. The van der Waals surface area contributed by atoms with Crippen LogP contribution in [0.15, 0.2) is 71.6 Å². The molecule has 5 rings (SSSR count). The number of nitrogens with one attached hydrogen (secondary N) is 3. The molecule has 9 nitrogen and oxygen atoms in total. The van der Waals surface area contributed by atoms with Crippen LogP contribution >= 0.6 is 11.9 Å². The maximum Gasteiger partial charge on any atom is 0.238 e. The van der Waals surface area contributed by atoms with Crippen molar-refractivity contribution in [2.75, 3.05) is 49.2 Å². The first-order valence-electron chi connectivity index (χ1n) is 13.8. The van der Waals surface area contributed by atoms with Gasteiger partial charge in [0.2, 0.25) is 5.91 Å². The Balaban J connectivity index is 1.30. The molecule has 1 aliphatic rings. The van der Waals surface area contributed by atoms with E-state index in [0.717, 1.165) is 52.7 Å². The number of nitrogens with zero attached hydrogens (tertiary/aromatic N) is 3. The van der Waals surface area contributed by atoms with Crippen molar-refractivity contribution in [2.45, 2.75) is 31.1 Å². The molecule has 41 heavy (non-hydrogen) atoms. The zero-order valence-corrected chi connectivity index (χ0v) is 24.5. The summed E-state index contributed by atoms with van der Waals surface area (Å²) in [7, 11) is 3.23. The van der Waals surface area contributed by atoms with E-state index in [4.69, 9.17) is 19.4 Å². The number of fused-ring (bicyclic) bond motifs is 1. The number of aromatic nitrogens is 2. The van der Waals surface area contributed by atoms with Crippen LogP contribution in [0.1, 0.15) is 26.2 Å². The molecule has 214 valence electrons. The number of hydrogen-bond donors (Lipinski definition) is 3. The number of carbonyl (C=O) groups excluding carboxylic acids is 1. The quantitative estimate of drug-likeness (QED) is 0.145. The SMILES string of the molecule is CCCN(CC(=O)Nc1cccc(SNc2nc3ccccc3nc2Nc2cc(OC)cc(OC)c2)c1)CC1CC1. The Morgan fingerprint density at radius 3 is 2.29 bits per heavy atom. The van der Waals surface area contributed by atoms with Crippen molar-refractivity contribution in [3.63, 3.8) is 0 Å². The van der Waals surface area contributed by atoms with Crippen LogP contribution in [0.3, 0.4) is 0 Å². The van der Waals surface area contributed by atoms with Gasteiger partial charge in [0.05, 0.1) is 31.8 Å². The number of para-hydroxylation sites is 2. The Morgan fingerprint density at radius 2 is 1.63 bits per heavy atom. The predicted molar refractivity (Wildman–Crippen MR) is 166 cm³/mol. The number of amides is 1. The summed E-state index contributed by atoms with van der Waals surface area (Å²) in [6, 6.07) is 21.1. The van der Waals surface area contributed by atoms with E-state index in [1.165, 1.54) is 24.8 Å². The molecule has 1 saturated carbocycles. The smallest absolute Gasteiger partial charge is 0.238 e. The van der Waals surface area contributed by atoms with Crippen molar-refractivity contribution < 1.29 is 14.3 Å². The van der Waals surface area contributed by atoms with E-state index in [2.05, 4.69) is 27.2 Å². The summed E-state index contributed by atoms with van der Waals surface area (Å²) >= 11 is 1.40. The molecule has 0 aliphatic heterocycles. The van der Waals surface area contributed by atoms with Gasteiger partial charge in [-0.3, -0.25) is 9.69 Å². The topological polar surface area (TPSA) is 101 Å².